The third-order valence-corrected chi connectivity index (χ3v) is 5.90. The smallest absolute Gasteiger partial charge is 0.262 e. The van der Waals surface area contributed by atoms with Gasteiger partial charge in [-0.2, -0.15) is 0 Å². The molecule has 6 nitrogen and oxygen atoms in total. The predicted molar refractivity (Wildman–Crippen MR) is 128 cm³/mol. The van der Waals surface area contributed by atoms with Crippen molar-refractivity contribution in [1.29, 1.82) is 0 Å². The van der Waals surface area contributed by atoms with E-state index >= 15 is 0 Å². The number of hydrogen-bond donors (Lipinski definition) is 1. The van der Waals surface area contributed by atoms with Crippen molar-refractivity contribution in [3.63, 3.8) is 0 Å². The average molecular weight is 431 g/mol. The number of piperidine rings is 1. The quantitative estimate of drug-likeness (QED) is 0.591. The monoisotopic (exact) mass is 430 g/mol. The largest absolute Gasteiger partial charge is 0.483 e. The predicted octanol–water partition coefficient (Wildman–Crippen LogP) is 5.08. The standard InChI is InChI=1S/C26H30N4O2/c1-18-14-19(2)20(3)24(15-18)32-17-26(31)27-22-9-7-8-21(16-22)23-10-11-25(29-28-23)30-12-5-4-6-13-30/h7-11,14-16H,4-6,12-13,17H2,1-3H3,(H,27,31). The zero-order valence-electron chi connectivity index (χ0n) is 19.0. The lowest BCUT2D eigenvalue weighted by Gasteiger charge is -2.27. The highest BCUT2D eigenvalue weighted by Crippen LogP contribution is 2.25. The van der Waals surface area contributed by atoms with E-state index in [0.29, 0.717) is 5.69 Å². The molecular formula is C26H30N4O2. The third-order valence-electron chi connectivity index (χ3n) is 5.90. The number of aryl methyl sites for hydroxylation is 2. The van der Waals surface area contributed by atoms with Gasteiger partial charge in [0.2, 0.25) is 0 Å². The van der Waals surface area contributed by atoms with E-state index in [0.717, 1.165) is 52.6 Å². The van der Waals surface area contributed by atoms with Gasteiger partial charge < -0.3 is 15.0 Å². The van der Waals surface area contributed by atoms with Crippen LogP contribution in [-0.2, 0) is 4.79 Å². The molecular weight excluding hydrogens is 400 g/mol. The molecule has 0 radical (unpaired) electrons. The molecule has 2 heterocycles. The highest BCUT2D eigenvalue weighted by Gasteiger charge is 2.13. The lowest BCUT2D eigenvalue weighted by molar-refractivity contribution is -0.118. The number of nitrogens with one attached hydrogen (secondary N) is 1. The molecule has 0 spiro atoms. The zero-order valence-corrected chi connectivity index (χ0v) is 19.0. The number of carbonyl (C=O) groups excluding carboxylic acids is 1. The van der Waals surface area contributed by atoms with Crippen LogP contribution in [0.25, 0.3) is 11.3 Å². The van der Waals surface area contributed by atoms with Crippen LogP contribution in [0.1, 0.15) is 36.0 Å². The van der Waals surface area contributed by atoms with Gasteiger partial charge in [-0.1, -0.05) is 18.2 Å². The number of aromatic nitrogens is 2. The van der Waals surface area contributed by atoms with Crippen molar-refractivity contribution in [2.45, 2.75) is 40.0 Å². The topological polar surface area (TPSA) is 67.3 Å². The maximum absolute atomic E-state index is 12.5. The Morgan fingerprint density at radius 3 is 2.56 bits per heavy atom. The van der Waals surface area contributed by atoms with Gasteiger partial charge in [0, 0.05) is 24.3 Å². The first-order valence-electron chi connectivity index (χ1n) is 11.2. The van der Waals surface area contributed by atoms with Crippen LogP contribution in [0.2, 0.25) is 0 Å². The Hall–Kier alpha value is -3.41. The summed E-state index contributed by atoms with van der Waals surface area (Å²) >= 11 is 0. The van der Waals surface area contributed by atoms with E-state index in [1.54, 1.807) is 0 Å². The number of hydrogen-bond acceptors (Lipinski definition) is 5. The fourth-order valence-electron chi connectivity index (χ4n) is 4.02. The maximum Gasteiger partial charge on any atom is 0.262 e. The molecule has 0 saturated carbocycles. The third kappa shape index (κ3) is 5.25. The van der Waals surface area contributed by atoms with Crippen LogP contribution in [0.15, 0.2) is 48.5 Å². The van der Waals surface area contributed by atoms with Crippen molar-refractivity contribution in [2.24, 2.45) is 0 Å². The Kier molecular flexibility index (Phi) is 6.69. The first-order valence-corrected chi connectivity index (χ1v) is 11.2. The number of carbonyl (C=O) groups is 1. The molecule has 1 aliphatic rings. The molecule has 2 aromatic carbocycles. The molecule has 0 unspecified atom stereocenters. The van der Waals surface area contributed by atoms with Gasteiger partial charge in [0.25, 0.3) is 5.91 Å². The van der Waals surface area contributed by atoms with Gasteiger partial charge in [-0.15, -0.1) is 10.2 Å². The van der Waals surface area contributed by atoms with Gasteiger partial charge in [0.1, 0.15) is 5.75 Å². The number of amides is 1. The molecule has 1 N–H and O–H groups in total. The number of nitrogens with zero attached hydrogens (tertiary/aromatic N) is 3. The van der Waals surface area contributed by atoms with Crippen LogP contribution >= 0.6 is 0 Å². The fourth-order valence-corrected chi connectivity index (χ4v) is 4.02. The maximum atomic E-state index is 12.5. The summed E-state index contributed by atoms with van der Waals surface area (Å²) in [5.74, 6) is 1.47. The van der Waals surface area contributed by atoms with Crippen molar-refractivity contribution in [3.05, 3.63) is 65.2 Å². The Bertz CT molecular complexity index is 1090. The van der Waals surface area contributed by atoms with Gasteiger partial charge in [0.15, 0.2) is 12.4 Å². The van der Waals surface area contributed by atoms with E-state index in [-0.39, 0.29) is 12.5 Å². The SMILES string of the molecule is Cc1cc(C)c(C)c(OCC(=O)Nc2cccc(-c3ccc(N4CCCCC4)nn3)c2)c1. The Balaban J connectivity index is 1.39. The minimum absolute atomic E-state index is 0.0434. The molecule has 1 fully saturated rings. The van der Waals surface area contributed by atoms with Crippen LogP contribution in [0, 0.1) is 20.8 Å². The zero-order chi connectivity index (χ0) is 22.5. The van der Waals surface area contributed by atoms with Gasteiger partial charge in [-0.05, 0) is 87.1 Å². The summed E-state index contributed by atoms with van der Waals surface area (Å²) in [6.45, 7) is 8.11. The number of rotatable bonds is 6. The molecule has 0 bridgehead atoms. The average Bonchev–Trinajstić information content (AvgIpc) is 2.81. The molecule has 0 atom stereocenters. The second-order valence-electron chi connectivity index (χ2n) is 8.45. The highest BCUT2D eigenvalue weighted by atomic mass is 16.5. The van der Waals surface area contributed by atoms with Crippen molar-refractivity contribution in [1.82, 2.24) is 10.2 Å². The van der Waals surface area contributed by atoms with Gasteiger partial charge >= 0.3 is 0 Å². The molecule has 3 aromatic rings. The summed E-state index contributed by atoms with van der Waals surface area (Å²) < 4.78 is 5.78. The van der Waals surface area contributed by atoms with E-state index in [1.807, 2.05) is 63.2 Å². The molecule has 1 amide bonds. The van der Waals surface area contributed by atoms with Crippen LogP contribution in [0.4, 0.5) is 11.5 Å². The van der Waals surface area contributed by atoms with Gasteiger partial charge in [-0.3, -0.25) is 4.79 Å². The Morgan fingerprint density at radius 1 is 1.00 bits per heavy atom. The molecule has 0 aliphatic carbocycles. The molecule has 4 rings (SSSR count). The lowest BCUT2D eigenvalue weighted by Crippen LogP contribution is -2.30. The van der Waals surface area contributed by atoms with E-state index in [9.17, 15) is 4.79 Å². The second-order valence-corrected chi connectivity index (χ2v) is 8.45. The molecule has 1 saturated heterocycles. The van der Waals surface area contributed by atoms with Crippen LogP contribution in [0.5, 0.6) is 5.75 Å². The summed E-state index contributed by atoms with van der Waals surface area (Å²) in [4.78, 5) is 14.8. The lowest BCUT2D eigenvalue weighted by atomic mass is 10.1. The Labute approximate surface area is 189 Å². The van der Waals surface area contributed by atoms with Crippen LogP contribution < -0.4 is 15.0 Å². The van der Waals surface area contributed by atoms with Crippen molar-refractivity contribution in [2.75, 3.05) is 29.9 Å². The summed E-state index contributed by atoms with van der Waals surface area (Å²) in [7, 11) is 0. The Morgan fingerprint density at radius 2 is 1.81 bits per heavy atom. The fraction of sp³-hybridized carbons (Fsp3) is 0.346. The van der Waals surface area contributed by atoms with Crippen LogP contribution in [-0.4, -0.2) is 35.8 Å². The van der Waals surface area contributed by atoms with E-state index in [4.69, 9.17) is 4.74 Å². The molecule has 32 heavy (non-hydrogen) atoms. The summed E-state index contributed by atoms with van der Waals surface area (Å²) in [6.07, 6.45) is 3.70. The normalized spacial score (nSPS) is 13.7. The van der Waals surface area contributed by atoms with Crippen molar-refractivity contribution < 1.29 is 9.53 Å². The second kappa shape index (κ2) is 9.81. The minimum Gasteiger partial charge on any atom is -0.483 e. The van der Waals surface area contributed by atoms with Gasteiger partial charge in [-0.25, -0.2) is 0 Å². The van der Waals surface area contributed by atoms with Crippen LogP contribution in [0.3, 0.4) is 0 Å². The van der Waals surface area contributed by atoms with Gasteiger partial charge in [0.05, 0.1) is 5.69 Å². The molecule has 6 heteroatoms. The number of anilines is 2. The highest BCUT2D eigenvalue weighted by molar-refractivity contribution is 5.92. The van der Waals surface area contributed by atoms with E-state index in [2.05, 4.69) is 26.5 Å². The number of ether oxygens (including phenoxy) is 1. The van der Waals surface area contributed by atoms with E-state index in [1.165, 1.54) is 19.3 Å². The number of benzene rings is 2. The molecule has 1 aromatic heterocycles. The summed E-state index contributed by atoms with van der Waals surface area (Å²) in [5, 5.41) is 11.8. The van der Waals surface area contributed by atoms with E-state index < -0.39 is 0 Å². The first-order chi connectivity index (χ1) is 15.5. The molecule has 1 aliphatic heterocycles. The summed E-state index contributed by atoms with van der Waals surface area (Å²) in [6, 6.07) is 15.7. The van der Waals surface area contributed by atoms with Crippen molar-refractivity contribution in [3.8, 4) is 17.0 Å². The first kappa shape index (κ1) is 21.8. The van der Waals surface area contributed by atoms with Crippen molar-refractivity contribution >= 4 is 17.4 Å². The molecule has 166 valence electrons. The minimum atomic E-state index is -0.202. The summed E-state index contributed by atoms with van der Waals surface area (Å²) in [5.41, 5.74) is 5.71.